The fraction of sp³-hybridized carbons (Fsp3) is 0.700. The van der Waals surface area contributed by atoms with Crippen molar-refractivity contribution in [3.05, 3.63) is 12.2 Å². The van der Waals surface area contributed by atoms with Crippen LogP contribution in [0.1, 0.15) is 27.2 Å². The summed E-state index contributed by atoms with van der Waals surface area (Å²) >= 11 is 0. The van der Waals surface area contributed by atoms with Crippen molar-refractivity contribution in [1.82, 2.24) is 5.06 Å². The van der Waals surface area contributed by atoms with E-state index in [1.165, 1.54) is 0 Å². The van der Waals surface area contributed by atoms with Gasteiger partial charge in [-0.2, -0.15) is 0 Å². The lowest BCUT2D eigenvalue weighted by molar-refractivity contribution is -0.198. The Bertz CT molecular complexity index is 215. The molecule has 1 aliphatic heterocycles. The van der Waals surface area contributed by atoms with E-state index in [2.05, 4.69) is 6.08 Å². The van der Waals surface area contributed by atoms with Crippen molar-refractivity contribution in [3.63, 3.8) is 0 Å². The third-order valence-electron chi connectivity index (χ3n) is 1.85. The minimum atomic E-state index is -0.416. The van der Waals surface area contributed by atoms with E-state index in [-0.39, 0.29) is 5.97 Å². The van der Waals surface area contributed by atoms with E-state index in [9.17, 15) is 4.79 Å². The highest BCUT2D eigenvalue weighted by molar-refractivity contribution is 5.75. The van der Waals surface area contributed by atoms with Gasteiger partial charge in [0, 0.05) is 6.54 Å². The molecule has 0 saturated carbocycles. The topological polar surface area (TPSA) is 29.5 Å². The van der Waals surface area contributed by atoms with Gasteiger partial charge in [0.05, 0.1) is 12.0 Å². The van der Waals surface area contributed by atoms with Gasteiger partial charge in [-0.15, -0.1) is 5.06 Å². The van der Waals surface area contributed by atoms with Crippen molar-refractivity contribution in [3.8, 4) is 0 Å². The lowest BCUT2D eigenvalue weighted by atomic mass is 9.98. The second kappa shape index (κ2) is 3.92. The van der Waals surface area contributed by atoms with E-state index in [1.54, 1.807) is 5.06 Å². The molecule has 0 fully saturated rings. The molecule has 13 heavy (non-hydrogen) atoms. The minimum absolute atomic E-state index is 0.164. The second-order valence-corrected chi connectivity index (χ2v) is 4.28. The summed E-state index contributed by atoms with van der Waals surface area (Å²) in [6.07, 6.45) is 5.07. The number of nitrogens with zero attached hydrogens (tertiary/aromatic N) is 1. The summed E-state index contributed by atoms with van der Waals surface area (Å²) < 4.78 is 0. The molecule has 0 aromatic heterocycles. The van der Waals surface area contributed by atoms with Gasteiger partial charge >= 0.3 is 5.97 Å². The SMILES string of the molecule is CC(C)(C)C(=O)ON1CC=CCC1. The maximum atomic E-state index is 11.4. The van der Waals surface area contributed by atoms with Crippen LogP contribution in [-0.2, 0) is 9.63 Å². The van der Waals surface area contributed by atoms with Crippen LogP contribution in [-0.4, -0.2) is 24.1 Å². The normalized spacial score (nSPS) is 18.7. The number of carbonyl (C=O) groups is 1. The first-order valence-corrected chi connectivity index (χ1v) is 4.62. The fourth-order valence-electron chi connectivity index (χ4n) is 0.957. The zero-order valence-electron chi connectivity index (χ0n) is 8.54. The molecular weight excluding hydrogens is 166 g/mol. The fourth-order valence-corrected chi connectivity index (χ4v) is 0.957. The largest absolute Gasteiger partial charge is 0.367 e. The van der Waals surface area contributed by atoms with Crippen molar-refractivity contribution in [2.45, 2.75) is 27.2 Å². The summed E-state index contributed by atoms with van der Waals surface area (Å²) in [6.45, 7) is 7.08. The highest BCUT2D eigenvalue weighted by atomic mass is 16.7. The summed E-state index contributed by atoms with van der Waals surface area (Å²) in [5, 5.41) is 1.70. The van der Waals surface area contributed by atoms with Gasteiger partial charge in [-0.3, -0.25) is 0 Å². The van der Waals surface area contributed by atoms with E-state index >= 15 is 0 Å². The van der Waals surface area contributed by atoms with Gasteiger partial charge in [-0.05, 0) is 27.2 Å². The molecule has 0 spiro atoms. The Morgan fingerprint density at radius 2 is 2.08 bits per heavy atom. The highest BCUT2D eigenvalue weighted by Crippen LogP contribution is 2.16. The first-order chi connectivity index (χ1) is 6.00. The van der Waals surface area contributed by atoms with Crippen LogP contribution in [0.4, 0.5) is 0 Å². The molecule has 0 saturated heterocycles. The van der Waals surface area contributed by atoms with Gasteiger partial charge in [0.25, 0.3) is 0 Å². The number of rotatable bonds is 1. The summed E-state index contributed by atoms with van der Waals surface area (Å²) in [4.78, 5) is 16.6. The molecule has 0 bridgehead atoms. The monoisotopic (exact) mass is 183 g/mol. The van der Waals surface area contributed by atoms with E-state index in [4.69, 9.17) is 4.84 Å². The Morgan fingerprint density at radius 3 is 2.54 bits per heavy atom. The zero-order chi connectivity index (χ0) is 9.90. The molecule has 0 amide bonds. The Labute approximate surface area is 79.3 Å². The molecule has 74 valence electrons. The molecule has 0 aliphatic carbocycles. The van der Waals surface area contributed by atoms with Gasteiger partial charge in [-0.1, -0.05) is 12.2 Å². The van der Waals surface area contributed by atoms with Crippen LogP contribution in [0.3, 0.4) is 0 Å². The van der Waals surface area contributed by atoms with Crippen LogP contribution >= 0.6 is 0 Å². The van der Waals surface area contributed by atoms with E-state index in [0.717, 1.165) is 13.0 Å². The first kappa shape index (κ1) is 10.3. The zero-order valence-corrected chi connectivity index (χ0v) is 8.54. The van der Waals surface area contributed by atoms with E-state index in [1.807, 2.05) is 26.8 Å². The molecule has 0 radical (unpaired) electrons. The second-order valence-electron chi connectivity index (χ2n) is 4.28. The molecule has 0 aromatic carbocycles. The van der Waals surface area contributed by atoms with E-state index < -0.39 is 5.41 Å². The maximum Gasteiger partial charge on any atom is 0.330 e. The summed E-state index contributed by atoms with van der Waals surface area (Å²) in [5.41, 5.74) is -0.416. The van der Waals surface area contributed by atoms with Crippen LogP contribution < -0.4 is 0 Å². The lowest BCUT2D eigenvalue weighted by Gasteiger charge is -2.25. The van der Waals surface area contributed by atoms with Gasteiger partial charge in [0.15, 0.2) is 0 Å². The third kappa shape index (κ3) is 3.19. The van der Waals surface area contributed by atoms with Crippen LogP contribution in [0.2, 0.25) is 0 Å². The molecular formula is C10H17NO2. The highest BCUT2D eigenvalue weighted by Gasteiger charge is 2.25. The Hall–Kier alpha value is -0.830. The Balaban J connectivity index is 2.40. The molecule has 3 heteroatoms. The molecule has 3 nitrogen and oxygen atoms in total. The van der Waals surface area contributed by atoms with Crippen molar-refractivity contribution in [2.24, 2.45) is 5.41 Å². The Morgan fingerprint density at radius 1 is 1.38 bits per heavy atom. The average Bonchev–Trinajstić information content (AvgIpc) is 2.04. The molecule has 0 N–H and O–H groups in total. The third-order valence-corrected chi connectivity index (χ3v) is 1.85. The Kier molecular flexibility index (Phi) is 3.09. The quantitative estimate of drug-likeness (QED) is 0.580. The summed E-state index contributed by atoms with van der Waals surface area (Å²) in [5.74, 6) is -0.164. The molecule has 0 aromatic rings. The number of hydrogen-bond acceptors (Lipinski definition) is 3. The van der Waals surface area contributed by atoms with Crippen LogP contribution in [0.15, 0.2) is 12.2 Å². The van der Waals surface area contributed by atoms with Gasteiger partial charge in [0.2, 0.25) is 0 Å². The van der Waals surface area contributed by atoms with Gasteiger partial charge in [-0.25, -0.2) is 4.79 Å². The molecule has 0 unspecified atom stereocenters. The maximum absolute atomic E-state index is 11.4. The molecule has 1 rings (SSSR count). The van der Waals surface area contributed by atoms with Crippen molar-refractivity contribution in [2.75, 3.05) is 13.1 Å². The molecule has 1 aliphatic rings. The van der Waals surface area contributed by atoms with Crippen LogP contribution in [0.5, 0.6) is 0 Å². The van der Waals surface area contributed by atoms with Gasteiger partial charge in [0.1, 0.15) is 0 Å². The first-order valence-electron chi connectivity index (χ1n) is 4.62. The van der Waals surface area contributed by atoms with Crippen molar-refractivity contribution in [1.29, 1.82) is 0 Å². The van der Waals surface area contributed by atoms with Crippen LogP contribution in [0.25, 0.3) is 0 Å². The predicted molar refractivity (Wildman–Crippen MR) is 50.9 cm³/mol. The predicted octanol–water partition coefficient (Wildman–Crippen LogP) is 1.75. The molecule has 1 heterocycles. The smallest absolute Gasteiger partial charge is 0.330 e. The molecule has 0 atom stereocenters. The number of hydrogen-bond donors (Lipinski definition) is 0. The van der Waals surface area contributed by atoms with Gasteiger partial charge < -0.3 is 4.84 Å². The summed E-state index contributed by atoms with van der Waals surface area (Å²) in [6, 6.07) is 0. The van der Waals surface area contributed by atoms with Crippen molar-refractivity contribution < 1.29 is 9.63 Å². The van der Waals surface area contributed by atoms with Crippen LogP contribution in [0, 0.1) is 5.41 Å². The lowest BCUT2D eigenvalue weighted by Crippen LogP contribution is -2.35. The van der Waals surface area contributed by atoms with Crippen molar-refractivity contribution >= 4 is 5.97 Å². The number of carbonyl (C=O) groups excluding carboxylic acids is 1. The number of hydroxylamine groups is 2. The summed E-state index contributed by atoms with van der Waals surface area (Å²) in [7, 11) is 0. The standard InChI is InChI=1S/C10H17NO2/c1-10(2,3)9(12)13-11-7-5-4-6-8-11/h4-5H,6-8H2,1-3H3. The minimum Gasteiger partial charge on any atom is -0.367 e. The average molecular weight is 183 g/mol. The van der Waals surface area contributed by atoms with E-state index in [0.29, 0.717) is 6.54 Å².